The van der Waals surface area contributed by atoms with Crippen LogP contribution in [0.15, 0.2) is 0 Å². The lowest BCUT2D eigenvalue weighted by Gasteiger charge is -2.12. The SMILES string of the molecule is CCO[C@H]1CCO[C@H]1C. The van der Waals surface area contributed by atoms with Crippen LogP contribution >= 0.6 is 0 Å². The van der Waals surface area contributed by atoms with Crippen molar-refractivity contribution in [1.82, 2.24) is 0 Å². The molecule has 1 aliphatic heterocycles. The Balaban J connectivity index is 2.22. The fourth-order valence-corrected chi connectivity index (χ4v) is 1.15. The van der Waals surface area contributed by atoms with Gasteiger partial charge in [-0.15, -0.1) is 0 Å². The second-order valence-corrected chi connectivity index (χ2v) is 2.36. The molecular weight excluding hydrogens is 116 g/mol. The van der Waals surface area contributed by atoms with Crippen molar-refractivity contribution in [3.63, 3.8) is 0 Å². The molecule has 1 rings (SSSR count). The maximum atomic E-state index is 5.39. The molecule has 2 heteroatoms. The number of ether oxygens (including phenoxy) is 2. The molecule has 0 aromatic heterocycles. The molecule has 0 aliphatic carbocycles. The van der Waals surface area contributed by atoms with Gasteiger partial charge < -0.3 is 9.47 Å². The van der Waals surface area contributed by atoms with E-state index in [4.69, 9.17) is 9.47 Å². The molecule has 0 aromatic carbocycles. The molecule has 2 nitrogen and oxygen atoms in total. The van der Waals surface area contributed by atoms with Gasteiger partial charge in [-0.1, -0.05) is 0 Å². The molecular formula is C7H14O2. The largest absolute Gasteiger partial charge is 0.376 e. The molecule has 1 aliphatic rings. The topological polar surface area (TPSA) is 18.5 Å². The van der Waals surface area contributed by atoms with Crippen molar-refractivity contribution in [3.05, 3.63) is 0 Å². The standard InChI is InChI=1S/C7H14O2/c1-3-8-7-4-5-9-6(7)2/h6-7H,3-5H2,1-2H3/t6-,7-/m0/s1. The van der Waals surface area contributed by atoms with Crippen molar-refractivity contribution in [1.29, 1.82) is 0 Å². The summed E-state index contributed by atoms with van der Waals surface area (Å²) >= 11 is 0. The van der Waals surface area contributed by atoms with E-state index in [0.717, 1.165) is 19.6 Å². The van der Waals surface area contributed by atoms with Gasteiger partial charge in [0.05, 0.1) is 12.2 Å². The Morgan fingerprint density at radius 1 is 1.67 bits per heavy atom. The lowest BCUT2D eigenvalue weighted by Crippen LogP contribution is -2.20. The van der Waals surface area contributed by atoms with Crippen LogP contribution in [0.1, 0.15) is 20.3 Å². The van der Waals surface area contributed by atoms with Gasteiger partial charge in [0.15, 0.2) is 0 Å². The van der Waals surface area contributed by atoms with E-state index in [1.165, 1.54) is 0 Å². The Hall–Kier alpha value is -0.0800. The zero-order valence-corrected chi connectivity index (χ0v) is 6.09. The molecule has 0 unspecified atom stereocenters. The molecule has 2 atom stereocenters. The summed E-state index contributed by atoms with van der Waals surface area (Å²) in [6.07, 6.45) is 1.73. The van der Waals surface area contributed by atoms with E-state index in [0.29, 0.717) is 12.2 Å². The van der Waals surface area contributed by atoms with E-state index in [2.05, 4.69) is 6.92 Å². The van der Waals surface area contributed by atoms with E-state index in [9.17, 15) is 0 Å². The summed E-state index contributed by atoms with van der Waals surface area (Å²) in [6.45, 7) is 5.75. The van der Waals surface area contributed by atoms with Gasteiger partial charge in [0.2, 0.25) is 0 Å². The molecule has 1 saturated heterocycles. The van der Waals surface area contributed by atoms with Crippen LogP contribution < -0.4 is 0 Å². The van der Waals surface area contributed by atoms with Crippen molar-refractivity contribution in [2.45, 2.75) is 32.5 Å². The van der Waals surface area contributed by atoms with Gasteiger partial charge in [-0.25, -0.2) is 0 Å². The minimum atomic E-state index is 0.310. The lowest BCUT2D eigenvalue weighted by molar-refractivity contribution is 0.00546. The normalized spacial score (nSPS) is 35.3. The molecule has 0 spiro atoms. The molecule has 1 fully saturated rings. The average molecular weight is 130 g/mol. The van der Waals surface area contributed by atoms with Gasteiger partial charge in [0.25, 0.3) is 0 Å². The number of rotatable bonds is 2. The summed E-state index contributed by atoms with van der Waals surface area (Å²) in [5, 5.41) is 0. The third kappa shape index (κ3) is 1.66. The maximum Gasteiger partial charge on any atom is 0.0855 e. The monoisotopic (exact) mass is 130 g/mol. The van der Waals surface area contributed by atoms with Crippen molar-refractivity contribution in [2.75, 3.05) is 13.2 Å². The summed E-state index contributed by atoms with van der Waals surface area (Å²) in [5.74, 6) is 0. The van der Waals surface area contributed by atoms with E-state index < -0.39 is 0 Å². The summed E-state index contributed by atoms with van der Waals surface area (Å²) < 4.78 is 10.7. The number of hydrogen-bond donors (Lipinski definition) is 0. The Labute approximate surface area is 56.2 Å². The van der Waals surface area contributed by atoms with Gasteiger partial charge in [0, 0.05) is 13.2 Å². The van der Waals surface area contributed by atoms with Crippen LogP contribution in [-0.2, 0) is 9.47 Å². The quantitative estimate of drug-likeness (QED) is 0.559. The summed E-state index contributed by atoms with van der Waals surface area (Å²) in [5.41, 5.74) is 0. The van der Waals surface area contributed by atoms with Crippen molar-refractivity contribution < 1.29 is 9.47 Å². The second-order valence-electron chi connectivity index (χ2n) is 2.36. The predicted octanol–water partition coefficient (Wildman–Crippen LogP) is 1.20. The molecule has 0 bridgehead atoms. The minimum absolute atomic E-state index is 0.310. The van der Waals surface area contributed by atoms with E-state index in [1.54, 1.807) is 0 Å². The van der Waals surface area contributed by atoms with E-state index in [1.807, 2.05) is 6.92 Å². The molecule has 0 N–H and O–H groups in total. The Kier molecular flexibility index (Phi) is 2.49. The van der Waals surface area contributed by atoms with Crippen LogP contribution in [0.4, 0.5) is 0 Å². The first-order valence-corrected chi connectivity index (χ1v) is 3.57. The molecule has 9 heavy (non-hydrogen) atoms. The summed E-state index contributed by atoms with van der Waals surface area (Å²) in [7, 11) is 0. The van der Waals surface area contributed by atoms with Gasteiger partial charge >= 0.3 is 0 Å². The summed E-state index contributed by atoms with van der Waals surface area (Å²) in [4.78, 5) is 0. The summed E-state index contributed by atoms with van der Waals surface area (Å²) in [6, 6.07) is 0. The highest BCUT2D eigenvalue weighted by Crippen LogP contribution is 2.15. The molecule has 0 saturated carbocycles. The Morgan fingerprint density at radius 3 is 2.89 bits per heavy atom. The molecule has 1 heterocycles. The van der Waals surface area contributed by atoms with Crippen molar-refractivity contribution >= 4 is 0 Å². The van der Waals surface area contributed by atoms with Crippen LogP contribution in [-0.4, -0.2) is 25.4 Å². The zero-order valence-electron chi connectivity index (χ0n) is 6.09. The van der Waals surface area contributed by atoms with Crippen LogP contribution in [0.25, 0.3) is 0 Å². The van der Waals surface area contributed by atoms with Crippen LogP contribution in [0.2, 0.25) is 0 Å². The molecule has 54 valence electrons. The second kappa shape index (κ2) is 3.18. The first-order valence-electron chi connectivity index (χ1n) is 3.57. The van der Waals surface area contributed by atoms with E-state index >= 15 is 0 Å². The van der Waals surface area contributed by atoms with E-state index in [-0.39, 0.29) is 0 Å². The molecule has 0 aromatic rings. The lowest BCUT2D eigenvalue weighted by atomic mass is 10.2. The zero-order chi connectivity index (χ0) is 6.69. The molecule has 0 amide bonds. The number of hydrogen-bond acceptors (Lipinski definition) is 2. The van der Waals surface area contributed by atoms with Crippen LogP contribution in [0, 0.1) is 0 Å². The Bertz CT molecular complexity index is 83.0. The van der Waals surface area contributed by atoms with Crippen molar-refractivity contribution in [3.8, 4) is 0 Å². The maximum absolute atomic E-state index is 5.39. The first kappa shape index (κ1) is 7.03. The van der Waals surface area contributed by atoms with Gasteiger partial charge in [-0.3, -0.25) is 0 Å². The smallest absolute Gasteiger partial charge is 0.0855 e. The van der Waals surface area contributed by atoms with Crippen LogP contribution in [0.5, 0.6) is 0 Å². The third-order valence-corrected chi connectivity index (χ3v) is 1.69. The minimum Gasteiger partial charge on any atom is -0.376 e. The van der Waals surface area contributed by atoms with Crippen LogP contribution in [0.3, 0.4) is 0 Å². The molecule has 0 radical (unpaired) electrons. The van der Waals surface area contributed by atoms with Gasteiger partial charge in [-0.05, 0) is 20.3 Å². The highest BCUT2D eigenvalue weighted by Gasteiger charge is 2.23. The Morgan fingerprint density at radius 2 is 2.44 bits per heavy atom. The fraction of sp³-hybridized carbons (Fsp3) is 1.00. The van der Waals surface area contributed by atoms with Crippen molar-refractivity contribution in [2.24, 2.45) is 0 Å². The predicted molar refractivity (Wildman–Crippen MR) is 35.4 cm³/mol. The van der Waals surface area contributed by atoms with Gasteiger partial charge in [-0.2, -0.15) is 0 Å². The average Bonchev–Trinajstić information content (AvgIpc) is 2.18. The highest BCUT2D eigenvalue weighted by molar-refractivity contribution is 4.71. The first-order chi connectivity index (χ1) is 4.34. The van der Waals surface area contributed by atoms with Gasteiger partial charge in [0.1, 0.15) is 0 Å². The third-order valence-electron chi connectivity index (χ3n) is 1.69. The fourth-order valence-electron chi connectivity index (χ4n) is 1.15. The highest BCUT2D eigenvalue weighted by atomic mass is 16.6.